The van der Waals surface area contributed by atoms with E-state index in [0.29, 0.717) is 12.5 Å². The number of aryl methyl sites for hydroxylation is 1. The van der Waals surface area contributed by atoms with Crippen LogP contribution in [0.25, 0.3) is 0 Å². The van der Waals surface area contributed by atoms with Crippen molar-refractivity contribution >= 4 is 5.97 Å². The molecule has 0 saturated carbocycles. The van der Waals surface area contributed by atoms with Gasteiger partial charge in [0.15, 0.2) is 0 Å². The van der Waals surface area contributed by atoms with Crippen LogP contribution >= 0.6 is 0 Å². The fourth-order valence-electron chi connectivity index (χ4n) is 2.80. The zero-order chi connectivity index (χ0) is 14.6. The van der Waals surface area contributed by atoms with Crippen molar-refractivity contribution in [1.82, 2.24) is 5.32 Å². The van der Waals surface area contributed by atoms with E-state index < -0.39 is 5.54 Å². The fraction of sp³-hybridized carbons (Fsp3) is 0.588. The van der Waals surface area contributed by atoms with E-state index in [0.717, 1.165) is 25.8 Å². The summed E-state index contributed by atoms with van der Waals surface area (Å²) >= 11 is 0. The quantitative estimate of drug-likeness (QED) is 0.840. The first kappa shape index (κ1) is 15.0. The highest BCUT2D eigenvalue weighted by Crippen LogP contribution is 2.30. The summed E-state index contributed by atoms with van der Waals surface area (Å²) in [5.74, 6) is 0.411. The van der Waals surface area contributed by atoms with Crippen LogP contribution < -0.4 is 5.32 Å². The topological polar surface area (TPSA) is 38.3 Å². The second-order valence-electron chi connectivity index (χ2n) is 6.02. The number of hydrogen-bond donors (Lipinski definition) is 1. The first-order chi connectivity index (χ1) is 9.57. The number of ether oxygens (including phenoxy) is 1. The highest BCUT2D eigenvalue weighted by Gasteiger charge is 2.42. The monoisotopic (exact) mass is 275 g/mol. The molecule has 0 aromatic heterocycles. The Bertz CT molecular complexity index is 470. The van der Waals surface area contributed by atoms with Crippen molar-refractivity contribution in [2.45, 2.75) is 45.6 Å². The van der Waals surface area contributed by atoms with Crippen LogP contribution in [0.15, 0.2) is 24.3 Å². The van der Waals surface area contributed by atoms with Crippen molar-refractivity contribution in [3.8, 4) is 0 Å². The molecule has 3 nitrogen and oxygen atoms in total. The molecule has 0 aliphatic heterocycles. The smallest absolute Gasteiger partial charge is 0.326 e. The molecule has 3 heteroatoms. The molecule has 0 heterocycles. The Labute approximate surface area is 121 Å². The number of esters is 1. The van der Waals surface area contributed by atoms with Crippen LogP contribution in [0.1, 0.15) is 38.3 Å². The normalized spacial score (nSPS) is 21.6. The number of hydrogen-bond acceptors (Lipinski definition) is 3. The van der Waals surface area contributed by atoms with Crippen molar-refractivity contribution in [2.24, 2.45) is 5.92 Å². The average Bonchev–Trinajstić information content (AvgIpc) is 2.45. The molecule has 1 aliphatic carbocycles. The molecule has 0 fully saturated rings. The maximum absolute atomic E-state index is 12.5. The number of benzene rings is 1. The predicted octanol–water partition coefficient (Wildman–Crippen LogP) is 2.72. The van der Waals surface area contributed by atoms with Gasteiger partial charge in [-0.05, 0) is 43.4 Å². The lowest BCUT2D eigenvalue weighted by Gasteiger charge is -2.37. The van der Waals surface area contributed by atoms with Crippen LogP contribution in [0.5, 0.6) is 0 Å². The summed E-state index contributed by atoms with van der Waals surface area (Å²) in [7, 11) is 0. The summed E-state index contributed by atoms with van der Waals surface area (Å²) in [5.41, 5.74) is 2.08. The molecule has 0 radical (unpaired) electrons. The van der Waals surface area contributed by atoms with Gasteiger partial charge in [0.2, 0.25) is 0 Å². The molecule has 1 aromatic carbocycles. The molecule has 0 spiro atoms. The molecule has 1 aliphatic rings. The van der Waals surface area contributed by atoms with Crippen molar-refractivity contribution < 1.29 is 9.53 Å². The van der Waals surface area contributed by atoms with Crippen molar-refractivity contribution in [3.63, 3.8) is 0 Å². The Kier molecular flexibility index (Phi) is 4.81. The number of fused-ring (bicyclic) bond motifs is 1. The first-order valence-corrected chi connectivity index (χ1v) is 7.56. The molecular formula is C17H25NO2. The van der Waals surface area contributed by atoms with E-state index in [1.165, 1.54) is 11.1 Å². The zero-order valence-corrected chi connectivity index (χ0v) is 12.7. The first-order valence-electron chi connectivity index (χ1n) is 7.56. The fourth-order valence-corrected chi connectivity index (χ4v) is 2.80. The number of rotatable bonds is 5. The Balaban J connectivity index is 2.22. The summed E-state index contributed by atoms with van der Waals surface area (Å²) in [6.45, 7) is 7.45. The van der Waals surface area contributed by atoms with Gasteiger partial charge in [0.1, 0.15) is 5.54 Å². The molecular weight excluding hydrogens is 250 g/mol. The maximum Gasteiger partial charge on any atom is 0.326 e. The summed E-state index contributed by atoms with van der Waals surface area (Å²) in [5, 5.41) is 3.49. The molecule has 1 atom stereocenters. The Morgan fingerprint density at radius 3 is 2.70 bits per heavy atom. The van der Waals surface area contributed by atoms with Crippen LogP contribution in [-0.4, -0.2) is 24.7 Å². The van der Waals surface area contributed by atoms with Crippen LogP contribution in [0, 0.1) is 5.92 Å². The van der Waals surface area contributed by atoms with Gasteiger partial charge in [0.05, 0.1) is 6.61 Å². The van der Waals surface area contributed by atoms with Gasteiger partial charge in [0.25, 0.3) is 0 Å². The molecule has 0 amide bonds. The molecule has 0 bridgehead atoms. The van der Waals surface area contributed by atoms with Crippen LogP contribution in [0.3, 0.4) is 0 Å². The van der Waals surface area contributed by atoms with Gasteiger partial charge in [-0.15, -0.1) is 0 Å². The van der Waals surface area contributed by atoms with Crippen LogP contribution in [0.4, 0.5) is 0 Å². The Morgan fingerprint density at radius 1 is 1.35 bits per heavy atom. The second-order valence-corrected chi connectivity index (χ2v) is 6.02. The van der Waals surface area contributed by atoms with E-state index in [2.05, 4.69) is 37.4 Å². The van der Waals surface area contributed by atoms with Crippen molar-refractivity contribution in [2.75, 3.05) is 13.2 Å². The largest absolute Gasteiger partial charge is 0.465 e. The van der Waals surface area contributed by atoms with Gasteiger partial charge >= 0.3 is 5.97 Å². The van der Waals surface area contributed by atoms with E-state index in [1.807, 2.05) is 13.0 Å². The molecule has 2 rings (SSSR count). The van der Waals surface area contributed by atoms with Gasteiger partial charge in [-0.2, -0.15) is 0 Å². The SMILES string of the molecule is CCOC(=O)C1(NCC(C)C)CCc2ccccc2C1. The van der Waals surface area contributed by atoms with Crippen molar-refractivity contribution in [1.29, 1.82) is 0 Å². The lowest BCUT2D eigenvalue weighted by molar-refractivity contribution is -0.152. The minimum atomic E-state index is -0.547. The maximum atomic E-state index is 12.5. The highest BCUT2D eigenvalue weighted by molar-refractivity contribution is 5.82. The van der Waals surface area contributed by atoms with Crippen LogP contribution in [-0.2, 0) is 22.4 Å². The Morgan fingerprint density at radius 2 is 2.05 bits per heavy atom. The standard InChI is InChI=1S/C17H25NO2/c1-4-20-16(19)17(18-12-13(2)3)10-9-14-7-5-6-8-15(14)11-17/h5-8,13,18H,4,9-12H2,1-3H3. The molecule has 110 valence electrons. The van der Waals surface area contributed by atoms with E-state index in [1.54, 1.807) is 0 Å². The molecule has 1 N–H and O–H groups in total. The minimum absolute atomic E-state index is 0.102. The third-order valence-corrected chi connectivity index (χ3v) is 3.95. The zero-order valence-electron chi connectivity index (χ0n) is 12.7. The molecule has 1 unspecified atom stereocenters. The molecule has 0 saturated heterocycles. The van der Waals surface area contributed by atoms with Gasteiger partial charge in [-0.25, -0.2) is 0 Å². The summed E-state index contributed by atoms with van der Waals surface area (Å²) in [6, 6.07) is 8.40. The minimum Gasteiger partial charge on any atom is -0.465 e. The molecule has 1 aromatic rings. The Hall–Kier alpha value is -1.35. The highest BCUT2D eigenvalue weighted by atomic mass is 16.5. The summed E-state index contributed by atoms with van der Waals surface area (Å²) in [6.07, 6.45) is 2.48. The van der Waals surface area contributed by atoms with Crippen molar-refractivity contribution in [3.05, 3.63) is 35.4 Å². The second kappa shape index (κ2) is 6.40. The van der Waals surface area contributed by atoms with E-state index in [4.69, 9.17) is 4.74 Å². The van der Waals surface area contributed by atoms with E-state index in [-0.39, 0.29) is 5.97 Å². The number of carbonyl (C=O) groups is 1. The van der Waals surface area contributed by atoms with Gasteiger partial charge < -0.3 is 10.1 Å². The number of carbonyl (C=O) groups excluding carboxylic acids is 1. The third kappa shape index (κ3) is 3.21. The van der Waals surface area contributed by atoms with Gasteiger partial charge in [-0.3, -0.25) is 4.79 Å². The van der Waals surface area contributed by atoms with Gasteiger partial charge in [0, 0.05) is 6.42 Å². The van der Waals surface area contributed by atoms with E-state index in [9.17, 15) is 4.79 Å². The number of nitrogens with one attached hydrogen (secondary N) is 1. The summed E-state index contributed by atoms with van der Waals surface area (Å²) < 4.78 is 5.33. The molecule has 20 heavy (non-hydrogen) atoms. The lowest BCUT2D eigenvalue weighted by atomic mass is 9.77. The average molecular weight is 275 g/mol. The van der Waals surface area contributed by atoms with Crippen LogP contribution in [0.2, 0.25) is 0 Å². The third-order valence-electron chi connectivity index (χ3n) is 3.95. The predicted molar refractivity (Wildman–Crippen MR) is 80.7 cm³/mol. The summed E-state index contributed by atoms with van der Waals surface area (Å²) in [4.78, 5) is 12.5. The van der Waals surface area contributed by atoms with Gasteiger partial charge in [-0.1, -0.05) is 38.1 Å². The lowest BCUT2D eigenvalue weighted by Crippen LogP contribution is -2.57. The van der Waals surface area contributed by atoms with E-state index >= 15 is 0 Å².